The van der Waals surface area contributed by atoms with Gasteiger partial charge in [0.2, 0.25) is 0 Å². The van der Waals surface area contributed by atoms with Crippen molar-refractivity contribution in [3.8, 4) is 11.4 Å². The van der Waals surface area contributed by atoms with Crippen LogP contribution in [0.5, 0.6) is 0 Å². The fourth-order valence-corrected chi connectivity index (χ4v) is 3.92. The van der Waals surface area contributed by atoms with Gasteiger partial charge in [-0.1, -0.05) is 23.7 Å². The number of aromatic nitrogens is 3. The highest BCUT2D eigenvalue weighted by atomic mass is 35.5. The van der Waals surface area contributed by atoms with Crippen molar-refractivity contribution in [2.45, 2.75) is 13.1 Å². The molecule has 0 N–H and O–H groups in total. The zero-order valence-corrected chi connectivity index (χ0v) is 14.9. The van der Waals surface area contributed by atoms with E-state index in [0.717, 1.165) is 35.9 Å². The lowest BCUT2D eigenvalue weighted by atomic mass is 10.2. The molecule has 2 aromatic rings. The van der Waals surface area contributed by atoms with Crippen molar-refractivity contribution in [3.63, 3.8) is 0 Å². The second-order valence-corrected chi connectivity index (χ2v) is 7.37. The highest BCUT2D eigenvalue weighted by Crippen LogP contribution is 2.26. The molecule has 0 atom stereocenters. The van der Waals surface area contributed by atoms with Crippen molar-refractivity contribution in [2.75, 3.05) is 24.6 Å². The third kappa shape index (κ3) is 3.40. The first-order valence-corrected chi connectivity index (χ1v) is 9.30. The van der Waals surface area contributed by atoms with Crippen molar-refractivity contribution in [3.05, 3.63) is 34.1 Å². The molecular formula is C15H19ClN4S2. The van der Waals surface area contributed by atoms with E-state index < -0.39 is 0 Å². The predicted octanol–water partition coefficient (Wildman–Crippen LogP) is 3.67. The van der Waals surface area contributed by atoms with E-state index in [9.17, 15) is 0 Å². The Bertz CT molecular complexity index is 702. The van der Waals surface area contributed by atoms with E-state index >= 15 is 0 Å². The molecule has 0 amide bonds. The lowest BCUT2D eigenvalue weighted by Crippen LogP contribution is -2.29. The first kappa shape index (κ1) is 16.1. The van der Waals surface area contributed by atoms with Gasteiger partial charge < -0.3 is 4.57 Å². The van der Waals surface area contributed by atoms with Crippen LogP contribution in [0.1, 0.15) is 6.42 Å². The summed E-state index contributed by atoms with van der Waals surface area (Å²) in [5.74, 6) is 3.24. The number of halogens is 1. The van der Waals surface area contributed by atoms with Crippen LogP contribution >= 0.6 is 35.6 Å². The number of hydrogen-bond acceptors (Lipinski definition) is 4. The van der Waals surface area contributed by atoms with Gasteiger partial charge in [0.1, 0.15) is 0 Å². The lowest BCUT2D eigenvalue weighted by Gasteiger charge is -2.18. The first-order valence-electron chi connectivity index (χ1n) is 7.35. The molecule has 1 aromatic carbocycles. The summed E-state index contributed by atoms with van der Waals surface area (Å²) < 4.78 is 4.57. The van der Waals surface area contributed by atoms with Crippen molar-refractivity contribution < 1.29 is 0 Å². The van der Waals surface area contributed by atoms with Gasteiger partial charge in [0.05, 0.1) is 11.7 Å². The summed E-state index contributed by atoms with van der Waals surface area (Å²) in [7, 11) is 1.95. The van der Waals surface area contributed by atoms with Crippen molar-refractivity contribution in [1.29, 1.82) is 0 Å². The third-order valence-corrected chi connectivity index (χ3v) is 5.67. The molecule has 1 aliphatic rings. The van der Waals surface area contributed by atoms with Gasteiger partial charge >= 0.3 is 0 Å². The second kappa shape index (κ2) is 7.17. The highest BCUT2D eigenvalue weighted by molar-refractivity contribution is 7.99. The summed E-state index contributed by atoms with van der Waals surface area (Å²) in [5, 5.41) is 5.41. The Hall–Kier alpha value is -0.820. The standard InChI is InChI=1S/C15H19ClN4S2/c1-18-14(12-5-2-3-6-13(12)16)17-20(15(18)21)11-19-7-4-9-22-10-8-19/h2-3,5-6H,4,7-11H2,1H3. The summed E-state index contributed by atoms with van der Waals surface area (Å²) >= 11 is 13.9. The Morgan fingerprint density at radius 2 is 2.09 bits per heavy atom. The minimum atomic E-state index is 0.698. The molecule has 7 heteroatoms. The molecule has 0 spiro atoms. The molecule has 0 aliphatic carbocycles. The fourth-order valence-electron chi connectivity index (χ4n) is 2.59. The van der Waals surface area contributed by atoms with Gasteiger partial charge in [0, 0.05) is 31.5 Å². The van der Waals surface area contributed by atoms with E-state index in [2.05, 4.69) is 4.90 Å². The zero-order chi connectivity index (χ0) is 15.5. The van der Waals surface area contributed by atoms with Gasteiger partial charge in [-0.05, 0) is 36.5 Å². The average Bonchev–Trinajstić information content (AvgIpc) is 2.72. The molecule has 118 valence electrons. The average molecular weight is 355 g/mol. The summed E-state index contributed by atoms with van der Waals surface area (Å²) in [6.07, 6.45) is 1.22. The number of hydrogen-bond donors (Lipinski definition) is 0. The Labute approximate surface area is 145 Å². The molecule has 1 fully saturated rings. The number of thioether (sulfide) groups is 1. The van der Waals surface area contributed by atoms with Gasteiger partial charge in [0.25, 0.3) is 0 Å². The minimum Gasteiger partial charge on any atom is -0.303 e. The largest absolute Gasteiger partial charge is 0.303 e. The second-order valence-electron chi connectivity index (χ2n) is 5.37. The number of nitrogens with zero attached hydrogens (tertiary/aromatic N) is 4. The molecule has 1 saturated heterocycles. The van der Waals surface area contributed by atoms with Gasteiger partial charge in [-0.25, -0.2) is 4.68 Å². The molecule has 1 aromatic heterocycles. The van der Waals surface area contributed by atoms with Crippen LogP contribution in [0.15, 0.2) is 24.3 Å². The predicted molar refractivity (Wildman–Crippen MR) is 96.0 cm³/mol. The lowest BCUT2D eigenvalue weighted by molar-refractivity contribution is 0.221. The summed E-state index contributed by atoms with van der Waals surface area (Å²) in [5.41, 5.74) is 0.919. The van der Waals surface area contributed by atoms with E-state index in [4.69, 9.17) is 28.9 Å². The number of rotatable bonds is 3. The van der Waals surface area contributed by atoms with Gasteiger partial charge in [-0.3, -0.25) is 4.90 Å². The van der Waals surface area contributed by atoms with Crippen molar-refractivity contribution >= 4 is 35.6 Å². The summed E-state index contributed by atoms with van der Waals surface area (Å²) in [6, 6.07) is 7.75. The smallest absolute Gasteiger partial charge is 0.199 e. The maximum atomic E-state index is 6.30. The Morgan fingerprint density at radius 1 is 1.27 bits per heavy atom. The van der Waals surface area contributed by atoms with Crippen LogP contribution in [0.3, 0.4) is 0 Å². The van der Waals surface area contributed by atoms with Crippen LogP contribution in [0.25, 0.3) is 11.4 Å². The maximum absolute atomic E-state index is 6.30. The normalized spacial score (nSPS) is 16.6. The van der Waals surface area contributed by atoms with Gasteiger partial charge in [0.15, 0.2) is 10.6 Å². The summed E-state index contributed by atoms with van der Waals surface area (Å²) in [6.45, 7) is 2.94. The minimum absolute atomic E-state index is 0.698. The number of benzene rings is 1. The molecule has 2 heterocycles. The van der Waals surface area contributed by atoms with Crippen molar-refractivity contribution in [1.82, 2.24) is 19.2 Å². The molecule has 1 aliphatic heterocycles. The molecule has 3 rings (SSSR count). The van der Waals surface area contributed by atoms with E-state index in [0.29, 0.717) is 5.02 Å². The molecule has 0 radical (unpaired) electrons. The molecule has 0 bridgehead atoms. The van der Waals surface area contributed by atoms with E-state index in [1.807, 2.05) is 52.3 Å². The van der Waals surface area contributed by atoms with Crippen LogP contribution in [0.4, 0.5) is 0 Å². The SMILES string of the molecule is Cn1c(-c2ccccc2Cl)nn(CN2CCCSCC2)c1=S. The third-order valence-electron chi connectivity index (χ3n) is 3.80. The van der Waals surface area contributed by atoms with E-state index in [-0.39, 0.29) is 0 Å². The molecule has 4 nitrogen and oxygen atoms in total. The molecule has 22 heavy (non-hydrogen) atoms. The van der Waals surface area contributed by atoms with Crippen molar-refractivity contribution in [2.24, 2.45) is 7.05 Å². The monoisotopic (exact) mass is 354 g/mol. The van der Waals surface area contributed by atoms with Gasteiger partial charge in [-0.2, -0.15) is 16.9 Å². The van der Waals surface area contributed by atoms with Crippen LogP contribution in [-0.4, -0.2) is 43.8 Å². The van der Waals surface area contributed by atoms with Crippen LogP contribution in [-0.2, 0) is 13.7 Å². The van der Waals surface area contributed by atoms with E-state index in [1.165, 1.54) is 17.9 Å². The van der Waals surface area contributed by atoms with Gasteiger partial charge in [-0.15, -0.1) is 0 Å². The zero-order valence-electron chi connectivity index (χ0n) is 12.5. The fraction of sp³-hybridized carbons (Fsp3) is 0.467. The van der Waals surface area contributed by atoms with Crippen LogP contribution in [0.2, 0.25) is 5.02 Å². The Balaban J connectivity index is 1.89. The van der Waals surface area contributed by atoms with E-state index in [1.54, 1.807) is 0 Å². The highest BCUT2D eigenvalue weighted by Gasteiger charge is 2.15. The van der Waals surface area contributed by atoms with Crippen LogP contribution < -0.4 is 0 Å². The maximum Gasteiger partial charge on any atom is 0.199 e. The molecule has 0 unspecified atom stereocenters. The summed E-state index contributed by atoms with van der Waals surface area (Å²) in [4.78, 5) is 2.42. The van der Waals surface area contributed by atoms with Crippen LogP contribution in [0, 0.1) is 4.77 Å². The topological polar surface area (TPSA) is 26.0 Å². The Kier molecular flexibility index (Phi) is 5.23. The quantitative estimate of drug-likeness (QED) is 0.785. The molecule has 0 saturated carbocycles. The molecular weight excluding hydrogens is 336 g/mol. The Morgan fingerprint density at radius 3 is 2.91 bits per heavy atom. The first-order chi connectivity index (χ1) is 10.7.